The zero-order valence-corrected chi connectivity index (χ0v) is 21.5. The molecular formula is C25H36N6OS. The Morgan fingerprint density at radius 1 is 1.15 bits per heavy atom. The van der Waals surface area contributed by atoms with E-state index in [2.05, 4.69) is 84.2 Å². The lowest BCUT2D eigenvalue weighted by atomic mass is 9.99. The number of hydrogen-bond donors (Lipinski definition) is 1. The molecule has 0 fully saturated rings. The minimum atomic E-state index is 0.00589. The van der Waals surface area contributed by atoms with Crippen molar-refractivity contribution in [2.75, 3.05) is 31.9 Å². The van der Waals surface area contributed by atoms with E-state index in [4.69, 9.17) is 0 Å². The summed E-state index contributed by atoms with van der Waals surface area (Å²) in [4.78, 5) is 23.9. The number of thioether (sulfide) groups is 1. The summed E-state index contributed by atoms with van der Waals surface area (Å²) in [5.41, 5.74) is 5.72. The van der Waals surface area contributed by atoms with E-state index in [1.807, 2.05) is 6.92 Å². The van der Waals surface area contributed by atoms with Crippen molar-refractivity contribution in [3.05, 3.63) is 52.3 Å². The fourth-order valence-corrected chi connectivity index (χ4v) is 4.61. The first kappa shape index (κ1) is 25.2. The van der Waals surface area contributed by atoms with Crippen LogP contribution in [0.2, 0.25) is 0 Å². The molecule has 2 aromatic heterocycles. The van der Waals surface area contributed by atoms with Gasteiger partial charge in [-0.05, 0) is 56.5 Å². The maximum absolute atomic E-state index is 12.3. The summed E-state index contributed by atoms with van der Waals surface area (Å²) >= 11 is 1.35. The highest BCUT2D eigenvalue weighted by Crippen LogP contribution is 2.21. The maximum atomic E-state index is 12.3. The van der Waals surface area contributed by atoms with Gasteiger partial charge in [-0.1, -0.05) is 56.8 Å². The molecule has 0 bridgehead atoms. The average Bonchev–Trinajstić information content (AvgIpc) is 3.21. The zero-order valence-electron chi connectivity index (χ0n) is 20.7. The Kier molecular flexibility index (Phi) is 8.86. The number of carbonyl (C=O) groups is 1. The van der Waals surface area contributed by atoms with Gasteiger partial charge >= 0.3 is 0 Å². The Morgan fingerprint density at radius 3 is 2.58 bits per heavy atom. The predicted octanol–water partition coefficient (Wildman–Crippen LogP) is 3.83. The van der Waals surface area contributed by atoms with Crippen LogP contribution in [0.4, 0.5) is 0 Å². The second kappa shape index (κ2) is 11.6. The molecule has 1 atom stereocenters. The third-order valence-electron chi connectivity index (χ3n) is 6.10. The van der Waals surface area contributed by atoms with Crippen LogP contribution in [0.3, 0.4) is 0 Å². The summed E-state index contributed by atoms with van der Waals surface area (Å²) in [5.74, 6) is 1.29. The Morgan fingerprint density at radius 2 is 1.88 bits per heavy atom. The Labute approximate surface area is 201 Å². The molecule has 3 rings (SSSR count). The molecule has 33 heavy (non-hydrogen) atoms. The van der Waals surface area contributed by atoms with Crippen molar-refractivity contribution in [2.24, 2.45) is 5.92 Å². The molecule has 0 aliphatic rings. The molecule has 1 aromatic carbocycles. The largest absolute Gasteiger partial charge is 0.355 e. The van der Waals surface area contributed by atoms with Gasteiger partial charge in [-0.25, -0.2) is 9.50 Å². The van der Waals surface area contributed by atoms with Crippen molar-refractivity contribution >= 4 is 23.4 Å². The number of nitrogens with zero attached hydrogens (tertiary/aromatic N) is 5. The van der Waals surface area contributed by atoms with Gasteiger partial charge in [0.25, 0.3) is 5.78 Å². The molecule has 0 aliphatic carbocycles. The molecule has 0 unspecified atom stereocenters. The van der Waals surface area contributed by atoms with Crippen molar-refractivity contribution in [1.82, 2.24) is 29.8 Å². The van der Waals surface area contributed by atoms with Gasteiger partial charge in [0.1, 0.15) is 0 Å². The van der Waals surface area contributed by atoms with Gasteiger partial charge in [0.15, 0.2) is 0 Å². The summed E-state index contributed by atoms with van der Waals surface area (Å²) in [6, 6.07) is 8.41. The lowest BCUT2D eigenvalue weighted by Gasteiger charge is -2.22. The predicted molar refractivity (Wildman–Crippen MR) is 135 cm³/mol. The highest BCUT2D eigenvalue weighted by Gasteiger charge is 2.16. The van der Waals surface area contributed by atoms with Gasteiger partial charge in [-0.2, -0.15) is 4.98 Å². The monoisotopic (exact) mass is 468 g/mol. The minimum Gasteiger partial charge on any atom is -0.355 e. The van der Waals surface area contributed by atoms with Crippen LogP contribution < -0.4 is 5.32 Å². The standard InChI is InChI=1S/C25H36N6OS/c1-7-30(8-2)15-17(3)14-26-23(32)16-33-25-28-24-27-19(5)22(20(6)31(24)29-25)13-21-12-10-9-11-18(21)4/h9-12,17H,7-8,13-16H2,1-6H3,(H,26,32)/t17-/m0/s1. The van der Waals surface area contributed by atoms with Gasteiger partial charge in [-0.3, -0.25) is 4.79 Å². The van der Waals surface area contributed by atoms with Gasteiger partial charge in [-0.15, -0.1) is 5.10 Å². The summed E-state index contributed by atoms with van der Waals surface area (Å²) in [6.45, 7) is 16.4. The first-order valence-electron chi connectivity index (χ1n) is 11.7. The SMILES string of the molecule is CCN(CC)C[C@@H](C)CNC(=O)CSc1nc2nc(C)c(Cc3ccccc3C)c(C)n2n1. The van der Waals surface area contributed by atoms with E-state index in [1.165, 1.54) is 22.9 Å². The van der Waals surface area contributed by atoms with Crippen LogP contribution >= 0.6 is 11.8 Å². The maximum Gasteiger partial charge on any atom is 0.253 e. The van der Waals surface area contributed by atoms with Gasteiger partial charge in [0.05, 0.1) is 5.75 Å². The molecule has 0 saturated carbocycles. The molecule has 8 heteroatoms. The number of carbonyl (C=O) groups excluding carboxylic acids is 1. The Bertz CT molecular complexity index is 1090. The number of hydrogen-bond acceptors (Lipinski definition) is 6. The molecule has 1 amide bonds. The third-order valence-corrected chi connectivity index (χ3v) is 6.94. The van der Waals surface area contributed by atoms with Crippen LogP contribution in [-0.4, -0.2) is 62.3 Å². The minimum absolute atomic E-state index is 0.00589. The van der Waals surface area contributed by atoms with E-state index in [0.29, 0.717) is 29.1 Å². The summed E-state index contributed by atoms with van der Waals surface area (Å²) in [5, 5.41) is 8.24. The van der Waals surface area contributed by atoms with Crippen LogP contribution in [-0.2, 0) is 11.2 Å². The van der Waals surface area contributed by atoms with Gasteiger partial charge < -0.3 is 10.2 Å². The van der Waals surface area contributed by atoms with Crippen LogP contribution in [0.5, 0.6) is 0 Å². The van der Waals surface area contributed by atoms with E-state index in [0.717, 1.165) is 43.0 Å². The van der Waals surface area contributed by atoms with Crippen LogP contribution in [0.15, 0.2) is 29.4 Å². The molecule has 178 valence electrons. The number of aromatic nitrogens is 4. The molecule has 0 spiro atoms. The van der Waals surface area contributed by atoms with Crippen molar-refractivity contribution in [1.29, 1.82) is 0 Å². The molecule has 0 radical (unpaired) electrons. The van der Waals surface area contributed by atoms with E-state index in [-0.39, 0.29) is 5.91 Å². The smallest absolute Gasteiger partial charge is 0.253 e. The highest BCUT2D eigenvalue weighted by atomic mass is 32.2. The van der Waals surface area contributed by atoms with E-state index in [1.54, 1.807) is 4.52 Å². The number of nitrogens with one attached hydrogen (secondary N) is 1. The van der Waals surface area contributed by atoms with E-state index < -0.39 is 0 Å². The second-order valence-corrected chi connectivity index (χ2v) is 9.60. The van der Waals surface area contributed by atoms with Crippen molar-refractivity contribution in [3.63, 3.8) is 0 Å². The van der Waals surface area contributed by atoms with Crippen molar-refractivity contribution in [3.8, 4) is 0 Å². The first-order chi connectivity index (χ1) is 15.8. The first-order valence-corrected chi connectivity index (χ1v) is 12.7. The summed E-state index contributed by atoms with van der Waals surface area (Å²) in [7, 11) is 0. The molecule has 3 aromatic rings. The van der Waals surface area contributed by atoms with Crippen molar-refractivity contribution in [2.45, 2.75) is 53.1 Å². The number of benzene rings is 1. The fraction of sp³-hybridized carbons (Fsp3) is 0.520. The molecular weight excluding hydrogens is 432 g/mol. The molecule has 2 heterocycles. The quantitative estimate of drug-likeness (QED) is 0.431. The highest BCUT2D eigenvalue weighted by molar-refractivity contribution is 7.99. The lowest BCUT2D eigenvalue weighted by Crippen LogP contribution is -2.36. The molecule has 1 N–H and O–H groups in total. The van der Waals surface area contributed by atoms with E-state index in [9.17, 15) is 4.79 Å². The molecule has 0 saturated heterocycles. The van der Waals surface area contributed by atoms with Crippen LogP contribution in [0.25, 0.3) is 5.78 Å². The van der Waals surface area contributed by atoms with Crippen LogP contribution in [0.1, 0.15) is 48.8 Å². The normalized spacial score (nSPS) is 12.5. The number of amides is 1. The summed E-state index contributed by atoms with van der Waals surface area (Å²) in [6.07, 6.45) is 0.809. The molecule has 7 nitrogen and oxygen atoms in total. The van der Waals surface area contributed by atoms with Gasteiger partial charge in [0, 0.05) is 30.9 Å². The number of fused-ring (bicyclic) bond motifs is 1. The Balaban J connectivity index is 1.62. The number of rotatable bonds is 11. The Hall–Kier alpha value is -2.45. The van der Waals surface area contributed by atoms with E-state index >= 15 is 0 Å². The van der Waals surface area contributed by atoms with Gasteiger partial charge in [0.2, 0.25) is 11.1 Å². The fourth-order valence-electron chi connectivity index (χ4n) is 3.96. The van der Waals surface area contributed by atoms with Crippen molar-refractivity contribution < 1.29 is 4.79 Å². The average molecular weight is 469 g/mol. The second-order valence-electron chi connectivity index (χ2n) is 8.65. The lowest BCUT2D eigenvalue weighted by molar-refractivity contribution is -0.118. The zero-order chi connectivity index (χ0) is 24.0. The van der Waals surface area contributed by atoms with Crippen LogP contribution in [0, 0.1) is 26.7 Å². The topological polar surface area (TPSA) is 75.4 Å². The number of aryl methyl sites for hydroxylation is 3. The molecule has 0 aliphatic heterocycles. The summed E-state index contributed by atoms with van der Waals surface area (Å²) < 4.78 is 1.80. The third kappa shape index (κ3) is 6.54.